The molecular formula is C18H23NO2. The van der Waals surface area contributed by atoms with E-state index in [1.165, 1.54) is 5.56 Å². The molecule has 2 aromatic rings. The molecule has 0 saturated heterocycles. The topological polar surface area (TPSA) is 52.5 Å². The molecule has 0 radical (unpaired) electrons. The van der Waals surface area contributed by atoms with Crippen molar-refractivity contribution in [1.29, 1.82) is 0 Å². The second kappa shape index (κ2) is 7.81. The highest BCUT2D eigenvalue weighted by molar-refractivity contribution is 5.34. The van der Waals surface area contributed by atoms with Crippen LogP contribution in [-0.4, -0.2) is 22.9 Å². The summed E-state index contributed by atoms with van der Waals surface area (Å²) in [5, 5.41) is 22.6. The summed E-state index contributed by atoms with van der Waals surface area (Å²) >= 11 is 0. The summed E-state index contributed by atoms with van der Waals surface area (Å²) < 4.78 is 0. The van der Waals surface area contributed by atoms with Crippen LogP contribution in [0.2, 0.25) is 0 Å². The van der Waals surface area contributed by atoms with E-state index in [1.54, 1.807) is 12.1 Å². The maximum Gasteiger partial charge on any atom is 0.115 e. The number of benzene rings is 2. The lowest BCUT2D eigenvalue weighted by Crippen LogP contribution is -2.26. The molecule has 2 atom stereocenters. The number of phenols is 1. The monoisotopic (exact) mass is 285 g/mol. The summed E-state index contributed by atoms with van der Waals surface area (Å²) in [6, 6.07) is 17.5. The zero-order valence-corrected chi connectivity index (χ0v) is 12.4. The Balaban J connectivity index is 2.13. The number of aliphatic hydroxyl groups is 1. The molecule has 0 saturated carbocycles. The third-order valence-corrected chi connectivity index (χ3v) is 3.66. The van der Waals surface area contributed by atoms with Gasteiger partial charge in [0.2, 0.25) is 0 Å². The first kappa shape index (κ1) is 15.5. The Morgan fingerprint density at radius 3 is 2.19 bits per heavy atom. The summed E-state index contributed by atoms with van der Waals surface area (Å²) in [6.45, 7) is 2.73. The predicted molar refractivity (Wildman–Crippen MR) is 85.3 cm³/mol. The fourth-order valence-electron chi connectivity index (χ4n) is 2.34. The van der Waals surface area contributed by atoms with Crippen LogP contribution in [0.5, 0.6) is 5.75 Å². The zero-order chi connectivity index (χ0) is 15.1. The molecule has 0 bridgehead atoms. The standard InChI is InChI=1S/C18H23NO2/c1-2-16(20)12-13-19-18(14-6-4-3-5-7-14)15-8-10-17(21)11-9-15/h3-11,16,18-21H,2,12-13H2,1H3. The molecule has 3 N–H and O–H groups in total. The molecule has 3 nitrogen and oxygen atoms in total. The third kappa shape index (κ3) is 4.59. The molecule has 0 amide bonds. The van der Waals surface area contributed by atoms with Gasteiger partial charge < -0.3 is 15.5 Å². The zero-order valence-electron chi connectivity index (χ0n) is 12.4. The number of phenolic OH excluding ortho intramolecular Hbond substituents is 1. The van der Waals surface area contributed by atoms with E-state index in [-0.39, 0.29) is 17.9 Å². The van der Waals surface area contributed by atoms with Crippen LogP contribution < -0.4 is 5.32 Å². The summed E-state index contributed by atoms with van der Waals surface area (Å²) in [5.41, 5.74) is 2.28. The van der Waals surface area contributed by atoms with Crippen LogP contribution in [0.4, 0.5) is 0 Å². The van der Waals surface area contributed by atoms with Gasteiger partial charge in [0.1, 0.15) is 5.75 Å². The molecule has 0 fully saturated rings. The highest BCUT2D eigenvalue weighted by Crippen LogP contribution is 2.23. The summed E-state index contributed by atoms with van der Waals surface area (Å²) in [6.07, 6.45) is 1.25. The molecule has 0 heterocycles. The first-order valence-electron chi connectivity index (χ1n) is 7.46. The van der Waals surface area contributed by atoms with Crippen LogP contribution >= 0.6 is 0 Å². The van der Waals surface area contributed by atoms with E-state index >= 15 is 0 Å². The van der Waals surface area contributed by atoms with Crippen molar-refractivity contribution in [2.75, 3.05) is 6.54 Å². The van der Waals surface area contributed by atoms with Crippen molar-refractivity contribution in [3.63, 3.8) is 0 Å². The van der Waals surface area contributed by atoms with Gasteiger partial charge in [-0.3, -0.25) is 0 Å². The Kier molecular flexibility index (Phi) is 5.78. The predicted octanol–water partition coefficient (Wildman–Crippen LogP) is 3.23. The van der Waals surface area contributed by atoms with Gasteiger partial charge in [0.05, 0.1) is 12.1 Å². The highest BCUT2D eigenvalue weighted by atomic mass is 16.3. The number of aliphatic hydroxyl groups excluding tert-OH is 1. The van der Waals surface area contributed by atoms with Crippen LogP contribution in [0.25, 0.3) is 0 Å². The Morgan fingerprint density at radius 2 is 1.57 bits per heavy atom. The van der Waals surface area contributed by atoms with E-state index in [2.05, 4.69) is 17.4 Å². The summed E-state index contributed by atoms with van der Waals surface area (Å²) in [7, 11) is 0. The van der Waals surface area contributed by atoms with Crippen LogP contribution in [0.15, 0.2) is 54.6 Å². The molecule has 3 heteroatoms. The number of rotatable bonds is 7. The largest absolute Gasteiger partial charge is 0.508 e. The second-order valence-corrected chi connectivity index (χ2v) is 5.24. The number of aromatic hydroxyl groups is 1. The Bertz CT molecular complexity index is 525. The molecule has 0 aliphatic rings. The van der Waals surface area contributed by atoms with Crippen molar-refractivity contribution in [2.45, 2.75) is 31.9 Å². The Labute approximate surface area is 126 Å². The van der Waals surface area contributed by atoms with Crippen molar-refractivity contribution in [1.82, 2.24) is 5.32 Å². The maximum atomic E-state index is 9.68. The van der Waals surface area contributed by atoms with Gasteiger partial charge in [-0.1, -0.05) is 49.4 Å². The molecular weight excluding hydrogens is 262 g/mol. The lowest BCUT2D eigenvalue weighted by atomic mass is 9.98. The van der Waals surface area contributed by atoms with Gasteiger partial charge in [0.25, 0.3) is 0 Å². The van der Waals surface area contributed by atoms with E-state index in [0.29, 0.717) is 0 Å². The van der Waals surface area contributed by atoms with Crippen molar-refractivity contribution in [3.8, 4) is 5.75 Å². The Hall–Kier alpha value is -1.84. The lowest BCUT2D eigenvalue weighted by molar-refractivity contribution is 0.159. The molecule has 112 valence electrons. The smallest absolute Gasteiger partial charge is 0.115 e. The quantitative estimate of drug-likeness (QED) is 0.732. The van der Waals surface area contributed by atoms with Crippen molar-refractivity contribution in [2.24, 2.45) is 0 Å². The van der Waals surface area contributed by atoms with Crippen LogP contribution in [0.1, 0.15) is 36.9 Å². The van der Waals surface area contributed by atoms with Crippen molar-refractivity contribution >= 4 is 0 Å². The minimum absolute atomic E-state index is 0.0656. The van der Waals surface area contributed by atoms with E-state index in [9.17, 15) is 10.2 Å². The molecule has 21 heavy (non-hydrogen) atoms. The average Bonchev–Trinajstić information content (AvgIpc) is 2.53. The molecule has 2 unspecified atom stereocenters. The van der Waals surface area contributed by atoms with Crippen LogP contribution in [-0.2, 0) is 0 Å². The lowest BCUT2D eigenvalue weighted by Gasteiger charge is -2.21. The van der Waals surface area contributed by atoms with E-state index < -0.39 is 0 Å². The fourth-order valence-corrected chi connectivity index (χ4v) is 2.34. The molecule has 2 aromatic carbocycles. The highest BCUT2D eigenvalue weighted by Gasteiger charge is 2.13. The van der Waals surface area contributed by atoms with Gasteiger partial charge in [-0.15, -0.1) is 0 Å². The van der Waals surface area contributed by atoms with Crippen molar-refractivity contribution < 1.29 is 10.2 Å². The summed E-state index contributed by atoms with van der Waals surface area (Å²) in [4.78, 5) is 0. The minimum atomic E-state index is -0.256. The van der Waals surface area contributed by atoms with Gasteiger partial charge in [-0.2, -0.15) is 0 Å². The first-order chi connectivity index (χ1) is 10.2. The minimum Gasteiger partial charge on any atom is -0.508 e. The SMILES string of the molecule is CCC(O)CCNC(c1ccccc1)c1ccc(O)cc1. The van der Waals surface area contributed by atoms with Gasteiger partial charge in [-0.25, -0.2) is 0 Å². The normalized spacial score (nSPS) is 13.8. The van der Waals surface area contributed by atoms with E-state index in [0.717, 1.165) is 24.9 Å². The number of nitrogens with one attached hydrogen (secondary N) is 1. The average molecular weight is 285 g/mol. The van der Waals surface area contributed by atoms with Gasteiger partial charge in [0, 0.05) is 0 Å². The molecule has 0 aromatic heterocycles. The van der Waals surface area contributed by atoms with E-state index in [4.69, 9.17) is 0 Å². The molecule has 0 spiro atoms. The third-order valence-electron chi connectivity index (χ3n) is 3.66. The first-order valence-corrected chi connectivity index (χ1v) is 7.46. The van der Waals surface area contributed by atoms with Crippen LogP contribution in [0.3, 0.4) is 0 Å². The molecule has 0 aliphatic heterocycles. The molecule has 2 rings (SSSR count). The number of hydrogen-bond donors (Lipinski definition) is 3. The van der Waals surface area contributed by atoms with Gasteiger partial charge in [-0.05, 0) is 42.6 Å². The van der Waals surface area contributed by atoms with E-state index in [1.807, 2.05) is 37.3 Å². The van der Waals surface area contributed by atoms with Crippen molar-refractivity contribution in [3.05, 3.63) is 65.7 Å². The number of hydrogen-bond acceptors (Lipinski definition) is 3. The Morgan fingerprint density at radius 1 is 0.952 bits per heavy atom. The second-order valence-electron chi connectivity index (χ2n) is 5.24. The van der Waals surface area contributed by atoms with Crippen LogP contribution in [0, 0.1) is 0 Å². The van der Waals surface area contributed by atoms with Gasteiger partial charge in [0.15, 0.2) is 0 Å². The maximum absolute atomic E-state index is 9.68. The fraction of sp³-hybridized carbons (Fsp3) is 0.333. The molecule has 0 aliphatic carbocycles. The summed E-state index contributed by atoms with van der Waals surface area (Å²) in [5.74, 6) is 0.270. The van der Waals surface area contributed by atoms with Gasteiger partial charge >= 0.3 is 0 Å².